The van der Waals surface area contributed by atoms with Crippen molar-refractivity contribution in [2.75, 3.05) is 11.9 Å². The monoisotopic (exact) mass is 406 g/mol. The van der Waals surface area contributed by atoms with Gasteiger partial charge in [-0.05, 0) is 62.1 Å². The molecule has 2 aliphatic rings. The maximum Gasteiger partial charge on any atom is 0.255 e. The van der Waals surface area contributed by atoms with E-state index in [-0.39, 0.29) is 17.7 Å². The topological polar surface area (TPSA) is 67.4 Å². The molecule has 1 fully saturated rings. The van der Waals surface area contributed by atoms with Crippen LogP contribution in [0.3, 0.4) is 0 Å². The van der Waals surface area contributed by atoms with Gasteiger partial charge in [0, 0.05) is 17.3 Å². The predicted molar refractivity (Wildman–Crippen MR) is 118 cm³/mol. The van der Waals surface area contributed by atoms with Gasteiger partial charge < -0.3 is 15.4 Å². The Hall–Kier alpha value is -2.82. The van der Waals surface area contributed by atoms with Gasteiger partial charge in [0.1, 0.15) is 12.4 Å². The van der Waals surface area contributed by atoms with Crippen LogP contribution in [0.4, 0.5) is 5.69 Å². The van der Waals surface area contributed by atoms with Crippen LogP contribution in [0.2, 0.25) is 0 Å². The molecule has 1 saturated carbocycles. The summed E-state index contributed by atoms with van der Waals surface area (Å²) in [5.41, 5.74) is 3.41. The molecule has 0 saturated heterocycles. The molecule has 0 aromatic heterocycles. The quantitative estimate of drug-likeness (QED) is 0.727. The van der Waals surface area contributed by atoms with Crippen LogP contribution in [0.5, 0.6) is 5.75 Å². The van der Waals surface area contributed by atoms with E-state index >= 15 is 0 Å². The van der Waals surface area contributed by atoms with Gasteiger partial charge in [-0.3, -0.25) is 9.59 Å². The van der Waals surface area contributed by atoms with Gasteiger partial charge in [0.15, 0.2) is 0 Å². The van der Waals surface area contributed by atoms with Crippen molar-refractivity contribution in [1.82, 2.24) is 5.32 Å². The number of ether oxygens (including phenoxy) is 1. The smallest absolute Gasteiger partial charge is 0.255 e. The fourth-order valence-corrected chi connectivity index (χ4v) is 4.29. The summed E-state index contributed by atoms with van der Waals surface area (Å²) in [6.07, 6.45) is 7.70. The highest BCUT2D eigenvalue weighted by molar-refractivity contribution is 6.04. The van der Waals surface area contributed by atoms with Gasteiger partial charge in [0.25, 0.3) is 5.91 Å². The molecule has 2 amide bonds. The standard InChI is InChI=1S/C25H30N2O3/c1-17-8-10-18(11-9-17)24(28)27-22-12-13-23-19(15-22)14-20(16-30-23)25(29)26-21-6-4-2-3-5-7-21/h8-13,15,20-21H,2-7,14,16H2,1H3,(H,26,29)(H,27,28). The van der Waals surface area contributed by atoms with E-state index in [2.05, 4.69) is 10.6 Å². The average Bonchev–Trinajstić information content (AvgIpc) is 3.02. The Morgan fingerprint density at radius 1 is 0.967 bits per heavy atom. The number of rotatable bonds is 4. The lowest BCUT2D eigenvalue weighted by molar-refractivity contribution is -0.127. The number of fused-ring (bicyclic) bond motifs is 1. The van der Waals surface area contributed by atoms with Crippen LogP contribution in [0, 0.1) is 12.8 Å². The number of carbonyl (C=O) groups is 2. The Morgan fingerprint density at radius 2 is 1.70 bits per heavy atom. The molecule has 1 aliphatic heterocycles. The molecule has 158 valence electrons. The second-order valence-electron chi connectivity index (χ2n) is 8.55. The number of hydrogen-bond acceptors (Lipinski definition) is 3. The molecular formula is C25H30N2O3. The molecule has 1 aliphatic carbocycles. The summed E-state index contributed by atoms with van der Waals surface area (Å²) in [5.74, 6) is 0.543. The Bertz CT molecular complexity index is 899. The van der Waals surface area contributed by atoms with Gasteiger partial charge in [-0.2, -0.15) is 0 Å². The second kappa shape index (κ2) is 9.33. The molecular weight excluding hydrogens is 376 g/mol. The lowest BCUT2D eigenvalue weighted by Gasteiger charge is -2.27. The highest BCUT2D eigenvalue weighted by Crippen LogP contribution is 2.30. The maximum atomic E-state index is 12.8. The molecule has 2 aromatic carbocycles. The Morgan fingerprint density at radius 3 is 2.43 bits per heavy atom. The maximum absolute atomic E-state index is 12.8. The van der Waals surface area contributed by atoms with Gasteiger partial charge in [-0.25, -0.2) is 0 Å². The molecule has 4 rings (SSSR count). The Labute approximate surface area is 178 Å². The van der Waals surface area contributed by atoms with E-state index in [9.17, 15) is 9.59 Å². The van der Waals surface area contributed by atoms with Crippen LogP contribution < -0.4 is 15.4 Å². The van der Waals surface area contributed by atoms with Crippen molar-refractivity contribution in [3.63, 3.8) is 0 Å². The lowest BCUT2D eigenvalue weighted by atomic mass is 9.95. The average molecular weight is 407 g/mol. The number of amides is 2. The van der Waals surface area contributed by atoms with Crippen LogP contribution in [0.1, 0.15) is 60.0 Å². The van der Waals surface area contributed by atoms with E-state index < -0.39 is 0 Å². The van der Waals surface area contributed by atoms with Crippen molar-refractivity contribution in [2.24, 2.45) is 5.92 Å². The van der Waals surface area contributed by atoms with E-state index in [4.69, 9.17) is 4.74 Å². The van der Waals surface area contributed by atoms with Crippen molar-refractivity contribution in [3.05, 3.63) is 59.2 Å². The van der Waals surface area contributed by atoms with Crippen LogP contribution >= 0.6 is 0 Å². The lowest BCUT2D eigenvalue weighted by Crippen LogP contribution is -2.42. The summed E-state index contributed by atoms with van der Waals surface area (Å²) in [5, 5.41) is 6.19. The van der Waals surface area contributed by atoms with Gasteiger partial charge in [0.05, 0.1) is 5.92 Å². The van der Waals surface area contributed by atoms with E-state index in [1.165, 1.54) is 25.7 Å². The summed E-state index contributed by atoms with van der Waals surface area (Å²) in [7, 11) is 0. The fraction of sp³-hybridized carbons (Fsp3) is 0.440. The molecule has 2 aromatic rings. The number of aryl methyl sites for hydroxylation is 1. The van der Waals surface area contributed by atoms with E-state index in [1.807, 2.05) is 49.4 Å². The Kier molecular flexibility index (Phi) is 6.36. The van der Waals surface area contributed by atoms with Crippen LogP contribution in [0.15, 0.2) is 42.5 Å². The van der Waals surface area contributed by atoms with Crippen LogP contribution in [0.25, 0.3) is 0 Å². The summed E-state index contributed by atoms with van der Waals surface area (Å²) in [6.45, 7) is 2.40. The van der Waals surface area contributed by atoms with Crippen molar-refractivity contribution in [2.45, 2.75) is 57.9 Å². The zero-order valence-electron chi connectivity index (χ0n) is 17.6. The number of anilines is 1. The normalized spacial score (nSPS) is 19.2. The highest BCUT2D eigenvalue weighted by Gasteiger charge is 2.28. The zero-order valence-corrected chi connectivity index (χ0v) is 17.6. The number of benzene rings is 2. The largest absolute Gasteiger partial charge is 0.492 e. The summed E-state index contributed by atoms with van der Waals surface area (Å²) in [6, 6.07) is 13.4. The van der Waals surface area contributed by atoms with Gasteiger partial charge in [-0.1, -0.05) is 43.4 Å². The van der Waals surface area contributed by atoms with Crippen LogP contribution in [-0.4, -0.2) is 24.5 Å². The molecule has 0 spiro atoms. The minimum absolute atomic E-state index is 0.0849. The number of nitrogens with one attached hydrogen (secondary N) is 2. The third-order valence-electron chi connectivity index (χ3n) is 6.11. The zero-order chi connectivity index (χ0) is 20.9. The minimum atomic E-state index is -0.191. The minimum Gasteiger partial charge on any atom is -0.492 e. The Balaban J connectivity index is 1.39. The first kappa shape index (κ1) is 20.5. The molecule has 2 N–H and O–H groups in total. The molecule has 30 heavy (non-hydrogen) atoms. The first-order valence-electron chi connectivity index (χ1n) is 11.0. The molecule has 1 heterocycles. The fourth-order valence-electron chi connectivity index (χ4n) is 4.29. The molecule has 1 atom stereocenters. The predicted octanol–water partition coefficient (Wildman–Crippen LogP) is 4.64. The summed E-state index contributed by atoms with van der Waals surface area (Å²) in [4.78, 5) is 25.3. The van der Waals surface area contributed by atoms with Gasteiger partial charge in [-0.15, -0.1) is 0 Å². The first-order chi connectivity index (χ1) is 14.6. The molecule has 5 heteroatoms. The van der Waals surface area contributed by atoms with Gasteiger partial charge >= 0.3 is 0 Å². The molecule has 5 nitrogen and oxygen atoms in total. The molecule has 1 unspecified atom stereocenters. The van der Waals surface area contributed by atoms with Crippen molar-refractivity contribution < 1.29 is 14.3 Å². The van der Waals surface area contributed by atoms with Crippen molar-refractivity contribution in [3.8, 4) is 5.75 Å². The SMILES string of the molecule is Cc1ccc(C(=O)Nc2ccc3c(c2)CC(C(=O)NC2CCCCCC2)CO3)cc1. The number of hydrogen-bond donors (Lipinski definition) is 2. The van der Waals surface area contributed by atoms with E-state index in [1.54, 1.807) is 0 Å². The second-order valence-corrected chi connectivity index (χ2v) is 8.55. The highest BCUT2D eigenvalue weighted by atomic mass is 16.5. The van der Waals surface area contributed by atoms with E-state index in [0.717, 1.165) is 29.7 Å². The van der Waals surface area contributed by atoms with Crippen molar-refractivity contribution >= 4 is 17.5 Å². The first-order valence-corrected chi connectivity index (χ1v) is 11.0. The third kappa shape index (κ3) is 5.02. The summed E-state index contributed by atoms with van der Waals surface area (Å²) < 4.78 is 5.86. The van der Waals surface area contributed by atoms with Crippen LogP contribution in [-0.2, 0) is 11.2 Å². The van der Waals surface area contributed by atoms with Crippen molar-refractivity contribution in [1.29, 1.82) is 0 Å². The molecule has 0 radical (unpaired) electrons. The van der Waals surface area contributed by atoms with E-state index in [0.29, 0.717) is 30.3 Å². The number of carbonyl (C=O) groups excluding carboxylic acids is 2. The molecule has 0 bridgehead atoms. The van der Waals surface area contributed by atoms with Gasteiger partial charge in [0.2, 0.25) is 5.91 Å². The summed E-state index contributed by atoms with van der Waals surface area (Å²) >= 11 is 0. The third-order valence-corrected chi connectivity index (χ3v) is 6.11.